The highest BCUT2D eigenvalue weighted by atomic mass is 19.1. The highest BCUT2D eigenvalue weighted by Crippen LogP contribution is 2.30. The molecule has 23 heavy (non-hydrogen) atoms. The van der Waals surface area contributed by atoms with E-state index in [2.05, 4.69) is 16.3 Å². The summed E-state index contributed by atoms with van der Waals surface area (Å²) < 4.78 is 14.8. The van der Waals surface area contributed by atoms with E-state index >= 15 is 0 Å². The third-order valence-electron chi connectivity index (χ3n) is 4.77. The lowest BCUT2D eigenvalue weighted by Crippen LogP contribution is -2.48. The second kappa shape index (κ2) is 6.67. The molecule has 0 radical (unpaired) electrons. The van der Waals surface area contributed by atoms with E-state index in [9.17, 15) is 9.18 Å². The van der Waals surface area contributed by atoms with Crippen molar-refractivity contribution in [1.82, 2.24) is 10.2 Å². The van der Waals surface area contributed by atoms with Crippen molar-refractivity contribution in [3.63, 3.8) is 0 Å². The predicted octanol–water partition coefficient (Wildman–Crippen LogP) is 2.39. The molecule has 2 aliphatic rings. The van der Waals surface area contributed by atoms with Gasteiger partial charge in [0, 0.05) is 25.6 Å². The number of amides is 1. The van der Waals surface area contributed by atoms with Gasteiger partial charge in [-0.05, 0) is 43.4 Å². The van der Waals surface area contributed by atoms with Gasteiger partial charge in [0.2, 0.25) is 5.91 Å². The van der Waals surface area contributed by atoms with Crippen molar-refractivity contribution >= 4 is 5.91 Å². The van der Waals surface area contributed by atoms with Crippen LogP contribution in [0.15, 0.2) is 24.3 Å². The van der Waals surface area contributed by atoms with E-state index in [-0.39, 0.29) is 18.4 Å². The number of nitrogens with one attached hydrogen (secondary N) is 1. The first-order chi connectivity index (χ1) is 11.1. The first-order valence-corrected chi connectivity index (χ1v) is 8.26. The van der Waals surface area contributed by atoms with Gasteiger partial charge in [-0.3, -0.25) is 9.69 Å². The Morgan fingerprint density at radius 2 is 1.96 bits per heavy atom. The fourth-order valence-corrected chi connectivity index (χ4v) is 2.97. The Bertz CT molecular complexity index is 596. The minimum atomic E-state index is -1.27. The highest BCUT2D eigenvalue weighted by molar-refractivity contribution is 5.80. The van der Waals surface area contributed by atoms with E-state index in [0.29, 0.717) is 31.5 Å². The number of hydrogen-bond donors (Lipinski definition) is 1. The van der Waals surface area contributed by atoms with Gasteiger partial charge in [0.05, 0.1) is 18.2 Å². The number of alkyl halides is 1. The molecule has 122 valence electrons. The van der Waals surface area contributed by atoms with E-state index in [1.807, 2.05) is 24.3 Å². The molecule has 1 heterocycles. The van der Waals surface area contributed by atoms with Gasteiger partial charge in [0.1, 0.15) is 5.67 Å². The van der Waals surface area contributed by atoms with Crippen molar-refractivity contribution < 1.29 is 9.18 Å². The molecule has 1 saturated heterocycles. The maximum absolute atomic E-state index is 14.8. The smallest absolute Gasteiger partial charge is 0.223 e. The molecule has 4 nitrogen and oxygen atoms in total. The van der Waals surface area contributed by atoms with Crippen LogP contribution in [0.5, 0.6) is 0 Å². The van der Waals surface area contributed by atoms with E-state index in [4.69, 9.17) is 5.26 Å². The molecule has 0 spiro atoms. The van der Waals surface area contributed by atoms with Gasteiger partial charge in [-0.1, -0.05) is 12.1 Å². The van der Waals surface area contributed by atoms with Crippen molar-refractivity contribution in [3.8, 4) is 6.07 Å². The summed E-state index contributed by atoms with van der Waals surface area (Å²) in [5.41, 5.74) is 0.519. The van der Waals surface area contributed by atoms with Crippen molar-refractivity contribution in [3.05, 3.63) is 35.4 Å². The number of nitrogens with zero attached hydrogens (tertiary/aromatic N) is 2. The number of carbonyl (C=O) groups excluding carboxylic acids is 1. The molecule has 0 unspecified atom stereocenters. The molecular weight excluding hydrogens is 293 g/mol. The van der Waals surface area contributed by atoms with Crippen LogP contribution < -0.4 is 5.32 Å². The average molecular weight is 315 g/mol. The lowest BCUT2D eigenvalue weighted by atomic mass is 9.93. The molecule has 1 aliphatic carbocycles. The van der Waals surface area contributed by atoms with Crippen LogP contribution in [0.4, 0.5) is 4.39 Å². The van der Waals surface area contributed by atoms with Gasteiger partial charge in [0.15, 0.2) is 0 Å². The minimum absolute atomic E-state index is 0.0158. The van der Waals surface area contributed by atoms with Crippen LogP contribution in [0.3, 0.4) is 0 Å². The maximum atomic E-state index is 14.8. The molecule has 1 saturated carbocycles. The number of piperidine rings is 1. The van der Waals surface area contributed by atoms with Crippen molar-refractivity contribution in [2.24, 2.45) is 5.92 Å². The standard InChI is InChI=1S/C18H22FN3O/c19-18(13-21-17(23)16-5-6-16)7-9-22(10-8-18)12-15-3-1-14(11-20)2-4-15/h1-4,16H,5-10,12-13H2,(H,21,23). The van der Waals surface area contributed by atoms with Crippen LogP contribution in [-0.4, -0.2) is 36.1 Å². The molecule has 1 aromatic carbocycles. The summed E-state index contributed by atoms with van der Waals surface area (Å²) in [5, 5.41) is 11.6. The molecule has 1 N–H and O–H groups in total. The fraction of sp³-hybridized carbons (Fsp3) is 0.556. The second-order valence-corrected chi connectivity index (χ2v) is 6.73. The maximum Gasteiger partial charge on any atom is 0.223 e. The summed E-state index contributed by atoms with van der Waals surface area (Å²) in [6.45, 7) is 2.30. The average Bonchev–Trinajstić information content (AvgIpc) is 3.41. The Morgan fingerprint density at radius 1 is 1.30 bits per heavy atom. The lowest BCUT2D eigenvalue weighted by Gasteiger charge is -2.36. The van der Waals surface area contributed by atoms with E-state index in [0.717, 1.165) is 24.9 Å². The van der Waals surface area contributed by atoms with Gasteiger partial charge in [-0.2, -0.15) is 5.26 Å². The summed E-state index contributed by atoms with van der Waals surface area (Å²) in [6, 6.07) is 9.63. The molecule has 0 bridgehead atoms. The number of rotatable bonds is 5. The third kappa shape index (κ3) is 4.29. The number of carbonyl (C=O) groups is 1. The predicted molar refractivity (Wildman–Crippen MR) is 85.2 cm³/mol. The Labute approximate surface area is 136 Å². The number of hydrogen-bond acceptors (Lipinski definition) is 3. The molecule has 5 heteroatoms. The first kappa shape index (κ1) is 15.9. The van der Waals surface area contributed by atoms with Crippen molar-refractivity contribution in [2.75, 3.05) is 19.6 Å². The molecule has 0 aromatic heterocycles. The topological polar surface area (TPSA) is 56.1 Å². The Kier molecular flexibility index (Phi) is 4.63. The summed E-state index contributed by atoms with van der Waals surface area (Å²) in [7, 11) is 0. The molecule has 2 fully saturated rings. The van der Waals surface area contributed by atoms with Gasteiger partial charge in [-0.15, -0.1) is 0 Å². The van der Waals surface area contributed by atoms with Crippen LogP contribution >= 0.6 is 0 Å². The highest BCUT2D eigenvalue weighted by Gasteiger charge is 2.36. The normalized spacial score (nSPS) is 20.7. The van der Waals surface area contributed by atoms with Crippen LogP contribution in [0.2, 0.25) is 0 Å². The van der Waals surface area contributed by atoms with Gasteiger partial charge < -0.3 is 5.32 Å². The van der Waals surface area contributed by atoms with Crippen LogP contribution in [0, 0.1) is 17.2 Å². The summed E-state index contributed by atoms with van der Waals surface area (Å²) in [4.78, 5) is 13.9. The number of nitriles is 1. The van der Waals surface area contributed by atoms with E-state index in [1.165, 1.54) is 0 Å². The number of likely N-dealkylation sites (tertiary alicyclic amines) is 1. The monoisotopic (exact) mass is 315 g/mol. The Morgan fingerprint density at radius 3 is 2.52 bits per heavy atom. The zero-order valence-corrected chi connectivity index (χ0v) is 13.2. The van der Waals surface area contributed by atoms with Gasteiger partial charge >= 0.3 is 0 Å². The van der Waals surface area contributed by atoms with Crippen molar-refractivity contribution in [2.45, 2.75) is 37.9 Å². The van der Waals surface area contributed by atoms with Crippen LogP contribution in [0.1, 0.15) is 36.8 Å². The minimum Gasteiger partial charge on any atom is -0.353 e. The summed E-state index contributed by atoms with van der Waals surface area (Å²) in [5.74, 6) is 0.150. The second-order valence-electron chi connectivity index (χ2n) is 6.73. The molecule has 3 rings (SSSR count). The molecule has 1 aliphatic heterocycles. The Balaban J connectivity index is 1.45. The van der Waals surface area contributed by atoms with E-state index in [1.54, 1.807) is 0 Å². The molecule has 0 atom stereocenters. The Hall–Kier alpha value is -1.93. The first-order valence-electron chi connectivity index (χ1n) is 8.26. The fourth-order valence-electron chi connectivity index (χ4n) is 2.97. The van der Waals surface area contributed by atoms with Crippen molar-refractivity contribution in [1.29, 1.82) is 5.26 Å². The molecular formula is C18H22FN3O. The summed E-state index contributed by atoms with van der Waals surface area (Å²) >= 11 is 0. The SMILES string of the molecule is N#Cc1ccc(CN2CCC(F)(CNC(=O)C3CC3)CC2)cc1. The van der Waals surface area contributed by atoms with E-state index < -0.39 is 5.67 Å². The largest absolute Gasteiger partial charge is 0.353 e. The zero-order valence-electron chi connectivity index (χ0n) is 13.2. The molecule has 1 amide bonds. The number of halogens is 1. The summed E-state index contributed by atoms with van der Waals surface area (Å²) in [6.07, 6.45) is 2.80. The lowest BCUT2D eigenvalue weighted by molar-refractivity contribution is -0.123. The van der Waals surface area contributed by atoms with Crippen LogP contribution in [0.25, 0.3) is 0 Å². The van der Waals surface area contributed by atoms with Gasteiger partial charge in [0.25, 0.3) is 0 Å². The van der Waals surface area contributed by atoms with Gasteiger partial charge in [-0.25, -0.2) is 4.39 Å². The van der Waals surface area contributed by atoms with Crippen LogP contribution in [-0.2, 0) is 11.3 Å². The quantitative estimate of drug-likeness (QED) is 0.907. The molecule has 1 aromatic rings. The number of benzene rings is 1. The third-order valence-corrected chi connectivity index (χ3v) is 4.77. The zero-order chi connectivity index (χ0) is 16.3.